The number of carbonyl (C=O) groups is 1. The third kappa shape index (κ3) is 5.82. The quantitative estimate of drug-likeness (QED) is 0.213. The van der Waals surface area contributed by atoms with Gasteiger partial charge in [0.15, 0.2) is 17.3 Å². The van der Waals surface area contributed by atoms with Crippen LogP contribution in [0.1, 0.15) is 27.4 Å². The van der Waals surface area contributed by atoms with Crippen molar-refractivity contribution in [3.63, 3.8) is 0 Å². The van der Waals surface area contributed by atoms with Gasteiger partial charge in [0.25, 0.3) is 11.6 Å². The van der Waals surface area contributed by atoms with Gasteiger partial charge in [-0.15, -0.1) is 0 Å². The third-order valence-corrected chi connectivity index (χ3v) is 5.26. The lowest BCUT2D eigenvalue weighted by Gasteiger charge is -2.11. The number of rotatable bonds is 9. The molecule has 3 aromatic carbocycles. The van der Waals surface area contributed by atoms with Crippen LogP contribution in [0.2, 0.25) is 0 Å². The van der Waals surface area contributed by atoms with Gasteiger partial charge in [0.1, 0.15) is 23.9 Å². The van der Waals surface area contributed by atoms with E-state index in [1.54, 1.807) is 30.3 Å². The number of ether oxygens (including phenoxy) is 3. The maximum Gasteiger partial charge on any atom is 0.291 e. The molecule has 0 aliphatic rings. The van der Waals surface area contributed by atoms with Gasteiger partial charge in [-0.25, -0.2) is 0 Å². The van der Waals surface area contributed by atoms with Crippen LogP contribution in [0.15, 0.2) is 77.2 Å². The number of hydrogen-bond acceptors (Lipinski definition) is 7. The maximum absolute atomic E-state index is 12.8. The lowest BCUT2D eigenvalue weighted by Crippen LogP contribution is -2.11. The van der Waals surface area contributed by atoms with Gasteiger partial charge in [-0.05, 0) is 55.3 Å². The van der Waals surface area contributed by atoms with E-state index in [2.05, 4.69) is 5.32 Å². The Hall–Kier alpha value is -4.79. The van der Waals surface area contributed by atoms with E-state index < -0.39 is 10.8 Å². The molecule has 1 N–H and O–H groups in total. The molecule has 1 aromatic heterocycles. The van der Waals surface area contributed by atoms with Gasteiger partial charge in [0.05, 0.1) is 23.8 Å². The summed E-state index contributed by atoms with van der Waals surface area (Å²) in [6.45, 7) is 4.06. The molecule has 0 bridgehead atoms. The second-order valence-electron chi connectivity index (χ2n) is 8.00. The van der Waals surface area contributed by atoms with Crippen LogP contribution in [0.4, 0.5) is 11.4 Å². The number of non-ortho nitro benzene ring substituents is 1. The molecule has 9 nitrogen and oxygen atoms in total. The predicted molar refractivity (Wildman–Crippen MR) is 133 cm³/mol. The molecule has 4 rings (SSSR count). The molecule has 0 saturated heterocycles. The molecule has 0 saturated carbocycles. The number of nitro benzene ring substituents is 1. The minimum Gasteiger partial charge on any atom is -0.493 e. The molecule has 0 unspecified atom stereocenters. The molecule has 0 aliphatic heterocycles. The van der Waals surface area contributed by atoms with Gasteiger partial charge in [-0.2, -0.15) is 0 Å². The Morgan fingerprint density at radius 3 is 2.50 bits per heavy atom. The number of nitrogens with zero attached hydrogens (tertiary/aromatic N) is 1. The summed E-state index contributed by atoms with van der Waals surface area (Å²) >= 11 is 0. The minimum atomic E-state index is -0.572. The number of hydrogen-bond donors (Lipinski definition) is 1. The fourth-order valence-corrected chi connectivity index (χ4v) is 3.43. The average Bonchev–Trinajstić information content (AvgIpc) is 3.34. The zero-order valence-electron chi connectivity index (χ0n) is 19.9. The summed E-state index contributed by atoms with van der Waals surface area (Å²) in [4.78, 5) is 23.7. The third-order valence-electron chi connectivity index (χ3n) is 5.26. The van der Waals surface area contributed by atoms with Crippen molar-refractivity contribution in [2.24, 2.45) is 0 Å². The minimum absolute atomic E-state index is 0.0354. The molecule has 0 aliphatic carbocycles. The molecule has 184 valence electrons. The standard InChI is InChI=1S/C27H24N2O7/c1-17-8-9-18(2)26(12-17)34-16-21-10-11-25(35-21)27(30)28-19-13-20(29(31)32)15-22(14-19)36-24-7-5-4-6-23(24)33-3/h4-15H,16H2,1-3H3,(H,28,30). The zero-order chi connectivity index (χ0) is 25.7. The van der Waals surface area contributed by atoms with E-state index in [0.29, 0.717) is 17.3 Å². The topological polar surface area (TPSA) is 113 Å². The van der Waals surface area contributed by atoms with Crippen LogP contribution >= 0.6 is 0 Å². The Labute approximate surface area is 207 Å². The highest BCUT2D eigenvalue weighted by molar-refractivity contribution is 6.02. The molecule has 0 fully saturated rings. The molecule has 4 aromatic rings. The number of para-hydroxylation sites is 2. The average molecular weight is 488 g/mol. The number of nitro groups is 1. The fourth-order valence-electron chi connectivity index (χ4n) is 3.43. The summed E-state index contributed by atoms with van der Waals surface area (Å²) in [6, 6.07) is 19.9. The van der Waals surface area contributed by atoms with Gasteiger partial charge in [0.2, 0.25) is 0 Å². The second-order valence-corrected chi connectivity index (χ2v) is 8.00. The summed E-state index contributed by atoms with van der Waals surface area (Å²) in [5, 5.41) is 14.1. The lowest BCUT2D eigenvalue weighted by atomic mass is 10.1. The van der Waals surface area contributed by atoms with Crippen LogP contribution in [0.5, 0.6) is 23.0 Å². The van der Waals surface area contributed by atoms with Crippen molar-refractivity contribution >= 4 is 17.3 Å². The Morgan fingerprint density at radius 2 is 1.75 bits per heavy atom. The first-order valence-electron chi connectivity index (χ1n) is 11.0. The normalized spacial score (nSPS) is 10.5. The Kier molecular flexibility index (Phi) is 7.20. The molecular formula is C27H24N2O7. The summed E-state index contributed by atoms with van der Waals surface area (Å²) < 4.78 is 22.5. The molecule has 1 heterocycles. The van der Waals surface area contributed by atoms with E-state index in [-0.39, 0.29) is 29.5 Å². The SMILES string of the molecule is COc1ccccc1Oc1cc(NC(=O)c2ccc(COc3cc(C)ccc3C)o2)cc([N+](=O)[O-])c1. The van der Waals surface area contributed by atoms with Gasteiger partial charge < -0.3 is 23.9 Å². The number of amides is 1. The first kappa shape index (κ1) is 24.3. The summed E-state index contributed by atoms with van der Waals surface area (Å²) in [6.07, 6.45) is 0. The van der Waals surface area contributed by atoms with E-state index in [9.17, 15) is 14.9 Å². The second kappa shape index (κ2) is 10.6. The molecular weight excluding hydrogens is 464 g/mol. The maximum atomic E-state index is 12.8. The lowest BCUT2D eigenvalue weighted by molar-refractivity contribution is -0.384. The zero-order valence-corrected chi connectivity index (χ0v) is 19.9. The highest BCUT2D eigenvalue weighted by Crippen LogP contribution is 2.34. The number of furan rings is 1. The van der Waals surface area contributed by atoms with E-state index in [1.165, 1.54) is 31.4 Å². The van der Waals surface area contributed by atoms with Gasteiger partial charge in [-0.3, -0.25) is 14.9 Å². The molecule has 0 radical (unpaired) electrons. The summed E-state index contributed by atoms with van der Waals surface area (Å²) in [7, 11) is 1.49. The summed E-state index contributed by atoms with van der Waals surface area (Å²) in [5.74, 6) is 1.64. The van der Waals surface area contributed by atoms with Crippen LogP contribution < -0.4 is 19.5 Å². The van der Waals surface area contributed by atoms with Crippen molar-refractivity contribution in [1.29, 1.82) is 0 Å². The van der Waals surface area contributed by atoms with Gasteiger partial charge in [-0.1, -0.05) is 24.3 Å². The molecule has 0 spiro atoms. The highest BCUT2D eigenvalue weighted by atomic mass is 16.6. The number of anilines is 1. The van der Waals surface area contributed by atoms with Crippen molar-refractivity contribution in [2.45, 2.75) is 20.5 Å². The van der Waals surface area contributed by atoms with E-state index >= 15 is 0 Å². The van der Waals surface area contributed by atoms with E-state index in [1.807, 2.05) is 32.0 Å². The largest absolute Gasteiger partial charge is 0.493 e. The number of benzene rings is 3. The van der Waals surface area contributed by atoms with E-state index in [0.717, 1.165) is 16.9 Å². The molecule has 9 heteroatoms. The van der Waals surface area contributed by atoms with Crippen molar-refractivity contribution in [2.75, 3.05) is 12.4 Å². The highest BCUT2D eigenvalue weighted by Gasteiger charge is 2.17. The van der Waals surface area contributed by atoms with Crippen LogP contribution in [-0.2, 0) is 6.61 Å². The van der Waals surface area contributed by atoms with Crippen LogP contribution in [0.3, 0.4) is 0 Å². The van der Waals surface area contributed by atoms with Crippen molar-refractivity contribution in [3.8, 4) is 23.0 Å². The van der Waals surface area contributed by atoms with E-state index in [4.69, 9.17) is 18.6 Å². The van der Waals surface area contributed by atoms with Crippen LogP contribution in [0.25, 0.3) is 0 Å². The number of aryl methyl sites for hydroxylation is 2. The Morgan fingerprint density at radius 1 is 0.972 bits per heavy atom. The van der Waals surface area contributed by atoms with Crippen molar-refractivity contribution in [1.82, 2.24) is 0 Å². The van der Waals surface area contributed by atoms with Crippen LogP contribution in [-0.4, -0.2) is 17.9 Å². The Bertz CT molecular complexity index is 1410. The van der Waals surface area contributed by atoms with Gasteiger partial charge >= 0.3 is 0 Å². The smallest absolute Gasteiger partial charge is 0.291 e. The van der Waals surface area contributed by atoms with Crippen LogP contribution in [0, 0.1) is 24.0 Å². The number of methoxy groups -OCH3 is 1. The molecule has 0 atom stereocenters. The Balaban J connectivity index is 1.48. The molecule has 36 heavy (non-hydrogen) atoms. The predicted octanol–water partition coefficient (Wildman–Crippen LogP) is 6.44. The first-order valence-corrected chi connectivity index (χ1v) is 11.0. The van der Waals surface area contributed by atoms with Gasteiger partial charge in [0, 0.05) is 12.1 Å². The monoisotopic (exact) mass is 488 g/mol. The van der Waals surface area contributed by atoms with Crippen molar-refractivity contribution < 1.29 is 28.3 Å². The number of nitrogens with one attached hydrogen (secondary N) is 1. The summed E-state index contributed by atoms with van der Waals surface area (Å²) in [5.41, 5.74) is 1.98. The number of carbonyl (C=O) groups excluding carboxylic acids is 1. The molecule has 1 amide bonds. The van der Waals surface area contributed by atoms with Crippen molar-refractivity contribution in [3.05, 3.63) is 106 Å². The fraction of sp³-hybridized carbons (Fsp3) is 0.148. The first-order chi connectivity index (χ1) is 17.3.